The second kappa shape index (κ2) is 8.49. The number of methoxy groups -OCH3 is 1. The number of benzene rings is 2. The second-order valence-electron chi connectivity index (χ2n) is 7.26. The quantitative estimate of drug-likeness (QED) is 0.558. The molecule has 9 nitrogen and oxygen atoms in total. The number of halogens is 2. The topological polar surface area (TPSA) is 119 Å². The van der Waals surface area contributed by atoms with E-state index >= 15 is 0 Å². The smallest absolute Gasteiger partial charge is 0.265 e. The SMILES string of the molecule is COc1ccc(-c2c(C)nn3c2NC(=O)CCC3=O)cc1S(=O)(=O)Nc1ccc(Cl)cc1F. The maximum absolute atomic E-state index is 14.2. The fourth-order valence-corrected chi connectivity index (χ4v) is 4.93. The van der Waals surface area contributed by atoms with Crippen molar-refractivity contribution < 1.29 is 27.1 Å². The molecule has 2 N–H and O–H groups in total. The molecule has 1 aromatic heterocycles. The normalized spacial score (nSPS) is 13.8. The van der Waals surface area contributed by atoms with Crippen molar-refractivity contribution in [3.8, 4) is 16.9 Å². The molecule has 0 saturated heterocycles. The van der Waals surface area contributed by atoms with Gasteiger partial charge in [-0.3, -0.25) is 14.3 Å². The van der Waals surface area contributed by atoms with Gasteiger partial charge in [-0.2, -0.15) is 9.78 Å². The summed E-state index contributed by atoms with van der Waals surface area (Å²) in [6, 6.07) is 7.84. The van der Waals surface area contributed by atoms with Crippen molar-refractivity contribution >= 4 is 44.9 Å². The van der Waals surface area contributed by atoms with E-state index in [1.807, 2.05) is 0 Å². The third-order valence-corrected chi connectivity index (χ3v) is 6.66. The van der Waals surface area contributed by atoms with Gasteiger partial charge in [0.1, 0.15) is 22.3 Å². The number of nitrogens with zero attached hydrogens (tertiary/aromatic N) is 2. The number of fused-ring (bicyclic) bond motifs is 1. The zero-order chi connectivity index (χ0) is 23.9. The summed E-state index contributed by atoms with van der Waals surface area (Å²) in [6.07, 6.45) is 0.0116. The summed E-state index contributed by atoms with van der Waals surface area (Å²) >= 11 is 5.74. The van der Waals surface area contributed by atoms with Crippen molar-refractivity contribution in [2.75, 3.05) is 17.1 Å². The third kappa shape index (κ3) is 4.29. The molecule has 2 heterocycles. The number of nitrogens with one attached hydrogen (secondary N) is 2. The molecular formula is C21H18ClFN4O5S. The molecule has 0 fully saturated rings. The zero-order valence-corrected chi connectivity index (χ0v) is 19.1. The van der Waals surface area contributed by atoms with Crippen LogP contribution in [0.15, 0.2) is 41.3 Å². The van der Waals surface area contributed by atoms with Crippen LogP contribution in [0.25, 0.3) is 11.1 Å². The molecular weight excluding hydrogens is 475 g/mol. The Morgan fingerprint density at radius 3 is 2.64 bits per heavy atom. The minimum atomic E-state index is -4.31. The summed E-state index contributed by atoms with van der Waals surface area (Å²) in [5.41, 5.74) is 0.864. The molecule has 0 unspecified atom stereocenters. The lowest BCUT2D eigenvalue weighted by Crippen LogP contribution is -2.15. The van der Waals surface area contributed by atoms with E-state index in [2.05, 4.69) is 15.1 Å². The van der Waals surface area contributed by atoms with Gasteiger partial charge in [0.25, 0.3) is 10.0 Å². The fraction of sp³-hybridized carbons (Fsp3) is 0.190. The Kier molecular flexibility index (Phi) is 5.85. The first-order valence-electron chi connectivity index (χ1n) is 9.69. The van der Waals surface area contributed by atoms with Gasteiger partial charge in [-0.15, -0.1) is 0 Å². The standard InChI is InChI=1S/C21H18ClFN4O5S/c1-11-20(21-24-18(28)7-8-19(29)27(21)25-11)12-3-6-16(32-2)17(9-12)33(30,31)26-15-5-4-13(22)10-14(15)23/h3-6,9-10,26H,7-8H2,1-2H3,(H,24,28). The summed E-state index contributed by atoms with van der Waals surface area (Å²) in [5.74, 6) is -1.40. The van der Waals surface area contributed by atoms with Crippen LogP contribution in [0.5, 0.6) is 5.75 Å². The van der Waals surface area contributed by atoms with E-state index < -0.39 is 15.8 Å². The van der Waals surface area contributed by atoms with E-state index in [9.17, 15) is 22.4 Å². The molecule has 1 aliphatic heterocycles. The van der Waals surface area contributed by atoms with Crippen LogP contribution in [0.3, 0.4) is 0 Å². The summed E-state index contributed by atoms with van der Waals surface area (Å²) in [4.78, 5) is 24.2. The molecule has 33 heavy (non-hydrogen) atoms. The van der Waals surface area contributed by atoms with Crippen molar-refractivity contribution in [3.05, 3.63) is 52.9 Å². The number of hydrogen-bond donors (Lipinski definition) is 2. The van der Waals surface area contributed by atoms with Crippen LogP contribution in [-0.2, 0) is 14.8 Å². The minimum Gasteiger partial charge on any atom is -0.495 e. The van der Waals surface area contributed by atoms with Gasteiger partial charge in [0, 0.05) is 23.4 Å². The largest absolute Gasteiger partial charge is 0.495 e. The van der Waals surface area contributed by atoms with Crippen LogP contribution >= 0.6 is 11.6 Å². The number of amides is 1. The van der Waals surface area contributed by atoms with Crippen molar-refractivity contribution in [3.63, 3.8) is 0 Å². The molecule has 3 aromatic rings. The first kappa shape index (κ1) is 22.7. The number of carbonyl (C=O) groups excluding carboxylic acids is 2. The van der Waals surface area contributed by atoms with Gasteiger partial charge in [-0.25, -0.2) is 12.8 Å². The van der Waals surface area contributed by atoms with E-state index in [0.717, 1.165) is 10.7 Å². The number of aromatic nitrogens is 2. The highest BCUT2D eigenvalue weighted by Crippen LogP contribution is 2.37. The van der Waals surface area contributed by atoms with E-state index in [1.54, 1.807) is 13.0 Å². The molecule has 12 heteroatoms. The van der Waals surface area contributed by atoms with Crippen molar-refractivity contribution in [1.29, 1.82) is 0 Å². The van der Waals surface area contributed by atoms with Gasteiger partial charge >= 0.3 is 0 Å². The predicted molar refractivity (Wildman–Crippen MR) is 120 cm³/mol. The van der Waals surface area contributed by atoms with Crippen LogP contribution in [0.4, 0.5) is 15.9 Å². The average Bonchev–Trinajstić information content (AvgIpc) is 3.02. The number of sulfonamides is 1. The Balaban J connectivity index is 1.83. The molecule has 0 spiro atoms. The molecule has 0 aliphatic carbocycles. The first-order chi connectivity index (χ1) is 15.6. The lowest BCUT2D eigenvalue weighted by atomic mass is 10.1. The Bertz CT molecular complexity index is 1400. The Labute approximate surface area is 193 Å². The van der Waals surface area contributed by atoms with Gasteiger partial charge < -0.3 is 10.1 Å². The van der Waals surface area contributed by atoms with E-state index in [0.29, 0.717) is 16.8 Å². The van der Waals surface area contributed by atoms with Crippen LogP contribution in [0, 0.1) is 12.7 Å². The molecule has 1 aliphatic rings. The number of anilines is 2. The molecule has 172 valence electrons. The van der Waals surface area contributed by atoms with Crippen molar-refractivity contribution in [2.45, 2.75) is 24.7 Å². The van der Waals surface area contributed by atoms with Crippen molar-refractivity contribution in [1.82, 2.24) is 9.78 Å². The maximum atomic E-state index is 14.2. The van der Waals surface area contributed by atoms with Crippen LogP contribution < -0.4 is 14.8 Å². The van der Waals surface area contributed by atoms with Crippen molar-refractivity contribution in [2.24, 2.45) is 0 Å². The molecule has 2 aromatic carbocycles. The summed E-state index contributed by atoms with van der Waals surface area (Å²) in [6.45, 7) is 1.64. The van der Waals surface area contributed by atoms with Gasteiger partial charge in [0.2, 0.25) is 11.8 Å². The fourth-order valence-electron chi connectivity index (χ4n) is 3.50. The lowest BCUT2D eigenvalue weighted by molar-refractivity contribution is -0.116. The third-order valence-electron chi connectivity index (χ3n) is 5.04. The van der Waals surface area contributed by atoms with Gasteiger partial charge in [-0.1, -0.05) is 17.7 Å². The summed E-state index contributed by atoms with van der Waals surface area (Å²) in [7, 11) is -3.01. The van der Waals surface area contributed by atoms with Gasteiger partial charge in [0.15, 0.2) is 0 Å². The van der Waals surface area contributed by atoms with Crippen LogP contribution in [0.1, 0.15) is 23.3 Å². The van der Waals surface area contributed by atoms with Crippen LogP contribution in [0.2, 0.25) is 5.02 Å². The highest BCUT2D eigenvalue weighted by molar-refractivity contribution is 7.92. The Morgan fingerprint density at radius 2 is 1.94 bits per heavy atom. The summed E-state index contributed by atoms with van der Waals surface area (Å²) < 4.78 is 49.0. The highest BCUT2D eigenvalue weighted by atomic mass is 35.5. The zero-order valence-electron chi connectivity index (χ0n) is 17.5. The average molecular weight is 493 g/mol. The van der Waals surface area contributed by atoms with Gasteiger partial charge in [-0.05, 0) is 42.8 Å². The van der Waals surface area contributed by atoms with Gasteiger partial charge in [0.05, 0.1) is 18.5 Å². The lowest BCUT2D eigenvalue weighted by Gasteiger charge is -2.14. The second-order valence-corrected chi connectivity index (χ2v) is 9.35. The molecule has 4 rings (SSSR count). The molecule has 0 saturated carbocycles. The summed E-state index contributed by atoms with van der Waals surface area (Å²) in [5, 5.41) is 7.00. The molecule has 0 radical (unpaired) electrons. The predicted octanol–water partition coefficient (Wildman–Crippen LogP) is 3.83. The number of ether oxygens (including phenoxy) is 1. The van der Waals surface area contributed by atoms with E-state index in [4.69, 9.17) is 16.3 Å². The minimum absolute atomic E-state index is 0.00177. The van der Waals surface area contributed by atoms with E-state index in [1.165, 1.54) is 31.4 Å². The molecule has 1 amide bonds. The monoisotopic (exact) mass is 492 g/mol. The Hall–Kier alpha value is -3.44. The number of aryl methyl sites for hydroxylation is 1. The number of rotatable bonds is 5. The highest BCUT2D eigenvalue weighted by Gasteiger charge is 2.28. The number of hydrogen-bond acceptors (Lipinski definition) is 6. The molecule has 0 atom stereocenters. The van der Waals surface area contributed by atoms with Crippen LogP contribution in [-0.4, -0.2) is 37.1 Å². The Morgan fingerprint density at radius 1 is 1.18 bits per heavy atom. The number of carbonyl (C=O) groups is 2. The maximum Gasteiger partial charge on any atom is 0.265 e. The first-order valence-corrected chi connectivity index (χ1v) is 11.6. The van der Waals surface area contributed by atoms with E-state index in [-0.39, 0.29) is 51.8 Å². The molecule has 0 bridgehead atoms.